The molecule has 0 unspecified atom stereocenters. The van der Waals surface area contributed by atoms with Gasteiger partial charge in [-0.15, -0.1) is 0 Å². The zero-order valence-electron chi connectivity index (χ0n) is 16.1. The molecule has 4 N–H and O–H groups in total. The number of aryl methyl sites for hydroxylation is 1. The van der Waals surface area contributed by atoms with Gasteiger partial charge in [0.05, 0.1) is 0 Å². The summed E-state index contributed by atoms with van der Waals surface area (Å²) >= 11 is 3.60. The van der Waals surface area contributed by atoms with E-state index in [0.717, 1.165) is 5.56 Å². The maximum atomic E-state index is 10.8. The van der Waals surface area contributed by atoms with Crippen LogP contribution >= 0.6 is 6.72 Å². The molecule has 0 aliphatic heterocycles. The molecule has 0 spiro atoms. The summed E-state index contributed by atoms with van der Waals surface area (Å²) in [6.07, 6.45) is -0.444. The van der Waals surface area contributed by atoms with Gasteiger partial charge in [-0.3, -0.25) is 0 Å². The van der Waals surface area contributed by atoms with Crippen molar-refractivity contribution in [3.63, 3.8) is 0 Å². The second-order valence-electron chi connectivity index (χ2n) is 5.70. The number of amides is 1. The third kappa shape index (κ3) is 12.5. The van der Waals surface area contributed by atoms with Crippen molar-refractivity contribution in [3.05, 3.63) is 90.5 Å². The number of rotatable bonds is 2. The highest BCUT2D eigenvalue weighted by Crippen LogP contribution is 2.26. The zero-order chi connectivity index (χ0) is 21.7. The fraction of sp³-hybridized carbons (Fsp3) is 0.0952. The Morgan fingerprint density at radius 1 is 0.862 bits per heavy atom. The van der Waals surface area contributed by atoms with Gasteiger partial charge in [-0.1, -0.05) is 72.8 Å². The van der Waals surface area contributed by atoms with Crippen molar-refractivity contribution in [3.8, 4) is 16.9 Å². The van der Waals surface area contributed by atoms with Gasteiger partial charge >= 0.3 is 12.8 Å². The van der Waals surface area contributed by atoms with Gasteiger partial charge in [0.1, 0.15) is 5.75 Å². The Morgan fingerprint density at radius 2 is 1.31 bits per heavy atom. The largest absolute Gasteiger partial charge is 0.412 e. The smallest absolute Gasteiger partial charge is 0.410 e. The van der Waals surface area contributed by atoms with E-state index < -0.39 is 12.8 Å². The van der Waals surface area contributed by atoms with Crippen LogP contribution in [0.5, 0.6) is 5.75 Å². The molecule has 0 heterocycles. The number of hydrogen-bond acceptors (Lipinski definition) is 3. The monoisotopic (exact) mass is 433 g/mol. The van der Waals surface area contributed by atoms with Crippen molar-refractivity contribution in [1.29, 1.82) is 0 Å². The summed E-state index contributed by atoms with van der Waals surface area (Å²) in [5, 5.41) is 2.37. The summed E-state index contributed by atoms with van der Waals surface area (Å²) < 4.78 is 4.89. The first-order valence-electron chi connectivity index (χ1n) is 8.54. The van der Waals surface area contributed by atoms with Crippen molar-refractivity contribution in [1.82, 2.24) is 5.32 Å². The SMILES string of the molecule is CNC(=O)Oc1cccc(C)c1.OP(O)(O)=S.c1ccc(-c2ccccc2)cc1. The summed E-state index contributed by atoms with van der Waals surface area (Å²) in [6, 6.07) is 28.1. The van der Waals surface area contributed by atoms with E-state index >= 15 is 0 Å². The predicted molar refractivity (Wildman–Crippen MR) is 119 cm³/mol. The molecule has 3 rings (SSSR count). The fourth-order valence-corrected chi connectivity index (χ4v) is 2.10. The Kier molecular flexibility index (Phi) is 10.8. The third-order valence-corrected chi connectivity index (χ3v) is 3.29. The third-order valence-electron chi connectivity index (χ3n) is 3.29. The van der Waals surface area contributed by atoms with E-state index in [1.165, 1.54) is 18.2 Å². The second kappa shape index (κ2) is 12.8. The van der Waals surface area contributed by atoms with Gasteiger partial charge in [-0.05, 0) is 47.6 Å². The minimum absolute atomic E-state index is 0.444. The van der Waals surface area contributed by atoms with E-state index in [0.29, 0.717) is 5.75 Å². The van der Waals surface area contributed by atoms with Gasteiger partial charge < -0.3 is 24.7 Å². The van der Waals surface area contributed by atoms with Gasteiger partial charge in [-0.2, -0.15) is 0 Å². The number of carbonyl (C=O) groups is 1. The highest BCUT2D eigenvalue weighted by molar-refractivity contribution is 8.06. The first-order chi connectivity index (χ1) is 13.7. The van der Waals surface area contributed by atoms with Gasteiger partial charge in [0, 0.05) is 7.05 Å². The highest BCUT2D eigenvalue weighted by Gasteiger charge is 1.99. The summed E-state index contributed by atoms with van der Waals surface area (Å²) in [5.74, 6) is 0.564. The Labute approximate surface area is 175 Å². The van der Waals surface area contributed by atoms with Gasteiger partial charge in [0.15, 0.2) is 0 Å². The lowest BCUT2D eigenvalue weighted by atomic mass is 10.1. The Bertz CT molecular complexity index is 871. The highest BCUT2D eigenvalue weighted by atomic mass is 32.5. The molecule has 0 aromatic heterocycles. The molecule has 0 saturated carbocycles. The lowest BCUT2D eigenvalue weighted by Crippen LogP contribution is -2.21. The van der Waals surface area contributed by atoms with E-state index in [-0.39, 0.29) is 0 Å². The number of carbonyl (C=O) groups excluding carboxylic acids is 1. The van der Waals surface area contributed by atoms with Crippen LogP contribution in [0.3, 0.4) is 0 Å². The summed E-state index contributed by atoms with van der Waals surface area (Å²) in [7, 11) is 1.53. The van der Waals surface area contributed by atoms with Crippen LogP contribution in [0.2, 0.25) is 0 Å². The topological polar surface area (TPSA) is 99.0 Å². The maximum Gasteiger partial charge on any atom is 0.412 e. The minimum Gasteiger partial charge on any atom is -0.410 e. The average molecular weight is 433 g/mol. The Hall–Kier alpha value is -2.54. The number of benzene rings is 3. The summed E-state index contributed by atoms with van der Waals surface area (Å²) in [4.78, 5) is 33.4. The molecule has 0 fully saturated rings. The number of nitrogens with one attached hydrogen (secondary N) is 1. The maximum absolute atomic E-state index is 10.8. The van der Waals surface area contributed by atoms with Crippen LogP contribution in [-0.2, 0) is 11.8 Å². The lowest BCUT2D eigenvalue weighted by molar-refractivity contribution is 0.203. The van der Waals surface area contributed by atoms with Crippen molar-refractivity contribution in [2.75, 3.05) is 7.05 Å². The molecule has 0 radical (unpaired) electrons. The van der Waals surface area contributed by atoms with Crippen LogP contribution in [0.4, 0.5) is 4.79 Å². The first-order valence-corrected chi connectivity index (χ1v) is 11.2. The van der Waals surface area contributed by atoms with Crippen molar-refractivity contribution in [2.45, 2.75) is 6.92 Å². The predicted octanol–water partition coefficient (Wildman–Crippen LogP) is 4.25. The molecule has 0 bridgehead atoms. The van der Waals surface area contributed by atoms with Crippen LogP contribution in [0, 0.1) is 6.92 Å². The van der Waals surface area contributed by atoms with Crippen molar-refractivity contribution < 1.29 is 24.2 Å². The quantitative estimate of drug-likeness (QED) is 0.451. The van der Waals surface area contributed by atoms with Gasteiger partial charge in [0.2, 0.25) is 0 Å². The van der Waals surface area contributed by atoms with Crippen molar-refractivity contribution in [2.24, 2.45) is 0 Å². The summed E-state index contributed by atoms with van der Waals surface area (Å²) in [6.45, 7) is -1.86. The van der Waals surface area contributed by atoms with Crippen LogP contribution < -0.4 is 10.1 Å². The van der Waals surface area contributed by atoms with E-state index in [9.17, 15) is 4.79 Å². The molecule has 0 aliphatic carbocycles. The Balaban J connectivity index is 0.000000237. The Morgan fingerprint density at radius 3 is 1.69 bits per heavy atom. The molecule has 3 aromatic carbocycles. The molecule has 1 amide bonds. The molecule has 29 heavy (non-hydrogen) atoms. The fourth-order valence-electron chi connectivity index (χ4n) is 2.10. The second-order valence-corrected chi connectivity index (χ2v) is 8.20. The van der Waals surface area contributed by atoms with Gasteiger partial charge in [0.25, 0.3) is 0 Å². The van der Waals surface area contributed by atoms with Crippen LogP contribution in [0.15, 0.2) is 84.9 Å². The summed E-state index contributed by atoms with van der Waals surface area (Å²) in [5.41, 5.74) is 3.62. The first kappa shape index (κ1) is 24.5. The minimum atomic E-state index is -3.81. The molecule has 3 aromatic rings. The van der Waals surface area contributed by atoms with E-state index in [1.54, 1.807) is 12.1 Å². The molecule has 8 heteroatoms. The normalized spacial score (nSPS) is 9.83. The lowest BCUT2D eigenvalue weighted by Gasteiger charge is -2.02. The molecule has 154 valence electrons. The molecular formula is C21H24NO5PS. The van der Waals surface area contributed by atoms with E-state index in [4.69, 9.17) is 19.4 Å². The molecule has 0 aliphatic rings. The van der Waals surface area contributed by atoms with Crippen LogP contribution in [0.1, 0.15) is 5.56 Å². The molecule has 0 saturated heterocycles. The van der Waals surface area contributed by atoms with Gasteiger partial charge in [-0.25, -0.2) is 4.79 Å². The molecular weight excluding hydrogens is 409 g/mol. The van der Waals surface area contributed by atoms with E-state index in [2.05, 4.69) is 65.7 Å². The average Bonchev–Trinajstić information content (AvgIpc) is 2.68. The van der Waals surface area contributed by atoms with Crippen molar-refractivity contribution >= 4 is 24.6 Å². The number of hydrogen-bond donors (Lipinski definition) is 4. The standard InChI is InChI=1S/C12H10.C9H11NO2.H3O3PS/c1-3-7-11(8-4-1)12-9-5-2-6-10-12;1-7-4-3-5-8(6-7)12-9(11)10-2;1-4(2,3)5/h1-10H;3-6H,1-2H3,(H,10,11);(H3,1,2,3,5). The molecule has 0 atom stereocenters. The molecule has 6 nitrogen and oxygen atoms in total. The number of ether oxygens (including phenoxy) is 1. The van der Waals surface area contributed by atoms with E-state index in [1.807, 2.05) is 31.2 Å². The van der Waals surface area contributed by atoms with Crippen LogP contribution in [-0.4, -0.2) is 27.8 Å². The zero-order valence-corrected chi connectivity index (χ0v) is 17.8. The van der Waals surface area contributed by atoms with Crippen LogP contribution in [0.25, 0.3) is 11.1 Å².